The van der Waals surface area contributed by atoms with Crippen LogP contribution in [0.1, 0.15) is 53.5 Å². The molecule has 0 spiro atoms. The van der Waals surface area contributed by atoms with E-state index in [0.29, 0.717) is 43.0 Å². The van der Waals surface area contributed by atoms with Gasteiger partial charge in [-0.1, -0.05) is 61.9 Å². The number of carbonyl (C=O) groups is 1. The van der Waals surface area contributed by atoms with E-state index in [9.17, 15) is 9.59 Å². The normalized spacial score (nSPS) is 12.0. The first-order valence-corrected chi connectivity index (χ1v) is 14.8. The second-order valence-corrected chi connectivity index (χ2v) is 10.8. The highest BCUT2D eigenvalue weighted by molar-refractivity contribution is 6.58. The van der Waals surface area contributed by atoms with Crippen molar-refractivity contribution in [1.29, 1.82) is 5.41 Å². The van der Waals surface area contributed by atoms with Gasteiger partial charge in [0.25, 0.3) is 5.56 Å². The van der Waals surface area contributed by atoms with Crippen LogP contribution in [0.25, 0.3) is 16.8 Å². The lowest BCUT2D eigenvalue weighted by Crippen LogP contribution is -2.30. The van der Waals surface area contributed by atoms with Gasteiger partial charge in [-0.05, 0) is 53.3 Å². The van der Waals surface area contributed by atoms with Crippen molar-refractivity contribution < 1.29 is 14.3 Å². The van der Waals surface area contributed by atoms with Crippen LogP contribution in [0.2, 0.25) is 0 Å². The van der Waals surface area contributed by atoms with Crippen LogP contribution in [0.15, 0.2) is 71.5 Å². The second kappa shape index (κ2) is 13.7. The molecule has 220 valence electrons. The van der Waals surface area contributed by atoms with Crippen molar-refractivity contribution in [1.82, 2.24) is 14.9 Å². The van der Waals surface area contributed by atoms with Crippen molar-refractivity contribution in [3.63, 3.8) is 0 Å². The Balaban J connectivity index is 1.54. The highest BCUT2D eigenvalue weighted by Gasteiger charge is 2.20. The molecule has 8 nitrogen and oxygen atoms in total. The number of aromatic nitrogens is 2. The number of carbonyl (C=O) groups excluding carboxylic acids is 1. The highest BCUT2D eigenvalue weighted by Crippen LogP contribution is 2.28. The zero-order valence-electron chi connectivity index (χ0n) is 25.0. The van der Waals surface area contributed by atoms with Gasteiger partial charge in [0, 0.05) is 37.5 Å². The number of benzene rings is 3. The van der Waals surface area contributed by atoms with Crippen LogP contribution < -0.4 is 15.6 Å². The molecule has 2 heterocycles. The molecule has 4 aromatic rings. The topological polar surface area (TPSA) is 106 Å². The molecular formula is C34H37BN4O4. The number of amidine groups is 1. The number of nitrogens with zero attached hydrogens (tertiary/aromatic N) is 2. The van der Waals surface area contributed by atoms with Gasteiger partial charge in [-0.2, -0.15) is 0 Å². The number of unbranched alkanes of at least 4 members (excludes halogenated alkanes) is 1. The van der Waals surface area contributed by atoms with E-state index in [2.05, 4.69) is 12.2 Å². The minimum Gasteiger partial charge on any atom is -0.493 e. The number of ether oxygens (including phenoxy) is 2. The zero-order chi connectivity index (χ0) is 30.3. The lowest BCUT2D eigenvalue weighted by Gasteiger charge is -2.18. The van der Waals surface area contributed by atoms with Crippen LogP contribution in [0, 0.1) is 5.41 Å². The molecule has 1 amide bonds. The highest BCUT2D eigenvalue weighted by atomic mass is 16.5. The largest absolute Gasteiger partial charge is 0.493 e. The number of aryl methyl sites for hydroxylation is 1. The Kier molecular flexibility index (Phi) is 9.52. The minimum atomic E-state index is -0.283. The van der Waals surface area contributed by atoms with Gasteiger partial charge in [-0.3, -0.25) is 19.6 Å². The van der Waals surface area contributed by atoms with Gasteiger partial charge in [0.1, 0.15) is 17.4 Å². The van der Waals surface area contributed by atoms with Crippen LogP contribution in [0.3, 0.4) is 0 Å². The van der Waals surface area contributed by atoms with Crippen LogP contribution >= 0.6 is 0 Å². The second-order valence-electron chi connectivity index (χ2n) is 10.8. The lowest BCUT2D eigenvalue weighted by molar-refractivity contribution is 0.199. The van der Waals surface area contributed by atoms with Gasteiger partial charge in [-0.25, -0.2) is 4.98 Å². The van der Waals surface area contributed by atoms with Crippen LogP contribution in [0.5, 0.6) is 5.75 Å². The summed E-state index contributed by atoms with van der Waals surface area (Å²) >= 11 is 0. The van der Waals surface area contributed by atoms with Crippen molar-refractivity contribution in [3.05, 3.63) is 111 Å². The van der Waals surface area contributed by atoms with Gasteiger partial charge in [0.15, 0.2) is 5.81 Å². The van der Waals surface area contributed by atoms with Crippen molar-refractivity contribution in [2.75, 3.05) is 20.3 Å². The average Bonchev–Trinajstić information content (AvgIpc) is 3.48. The van der Waals surface area contributed by atoms with E-state index in [1.165, 1.54) is 7.85 Å². The molecule has 2 N–H and O–H groups in total. The maximum Gasteiger partial charge on any atom is 0.261 e. The summed E-state index contributed by atoms with van der Waals surface area (Å²) in [7, 11) is 3.05. The fourth-order valence-electron chi connectivity index (χ4n) is 5.52. The quantitative estimate of drug-likeness (QED) is 0.154. The SMILES string of the molecule is BC(=O)NC(=N)c1ccccc1-c1ccc(Cc2c(CCCC)nc(CCOC)n(-c3ccc4c(c3)CCO4)c2=O)cc1. The molecule has 0 unspecified atom stereocenters. The Hall–Kier alpha value is -4.50. The average molecular weight is 577 g/mol. The maximum absolute atomic E-state index is 14.3. The van der Waals surface area contributed by atoms with E-state index in [-0.39, 0.29) is 17.2 Å². The number of nitrogens with one attached hydrogen (secondary N) is 2. The number of methoxy groups -OCH3 is 1. The van der Waals surface area contributed by atoms with Gasteiger partial charge in [0.05, 0.1) is 24.6 Å². The summed E-state index contributed by atoms with van der Waals surface area (Å²) in [6.07, 6.45) is 4.48. The molecule has 1 aliphatic heterocycles. The first kappa shape index (κ1) is 30.0. The number of rotatable bonds is 11. The predicted molar refractivity (Wildman–Crippen MR) is 172 cm³/mol. The van der Waals surface area contributed by atoms with E-state index in [0.717, 1.165) is 65.1 Å². The molecule has 0 bridgehead atoms. The fraction of sp³-hybridized carbons (Fsp3) is 0.294. The molecular weight excluding hydrogens is 539 g/mol. The number of hydrogen-bond acceptors (Lipinski definition) is 6. The Morgan fingerprint density at radius 1 is 1.12 bits per heavy atom. The van der Waals surface area contributed by atoms with E-state index in [1.807, 2.05) is 66.7 Å². The summed E-state index contributed by atoms with van der Waals surface area (Å²) in [5.74, 6) is 1.35. The number of amides is 1. The van der Waals surface area contributed by atoms with Crippen molar-refractivity contribution in [2.45, 2.75) is 45.4 Å². The van der Waals surface area contributed by atoms with Crippen molar-refractivity contribution >= 4 is 19.5 Å². The van der Waals surface area contributed by atoms with E-state index < -0.39 is 0 Å². The molecule has 0 radical (unpaired) electrons. The minimum absolute atomic E-state index is 0.0516. The van der Waals surface area contributed by atoms with Gasteiger partial charge in [-0.15, -0.1) is 0 Å². The summed E-state index contributed by atoms with van der Waals surface area (Å²) in [5, 5.41) is 10.9. The molecule has 0 atom stereocenters. The van der Waals surface area contributed by atoms with E-state index in [4.69, 9.17) is 19.9 Å². The summed E-state index contributed by atoms with van der Waals surface area (Å²) < 4.78 is 12.8. The molecule has 5 rings (SSSR count). The van der Waals surface area contributed by atoms with E-state index in [1.54, 1.807) is 11.7 Å². The summed E-state index contributed by atoms with van der Waals surface area (Å²) in [6.45, 7) is 3.26. The number of fused-ring (bicyclic) bond motifs is 1. The molecule has 3 aromatic carbocycles. The molecule has 0 saturated heterocycles. The Labute approximate surface area is 253 Å². The molecule has 0 saturated carbocycles. The standard InChI is InChI=1S/C34H37BN4O4/c1-3-4-9-29-28(20-22-10-12-23(13-11-22)26-7-5-6-8-27(26)32(36)38-34(35)41)33(40)39(31(37-29)17-18-42-2)25-14-15-30-24(21-25)16-19-43-30/h5-8,10-15,21H,3-4,9,16-20,35H2,1-2H3,(H2,36,38,41). The molecule has 1 aliphatic rings. The van der Waals surface area contributed by atoms with Crippen molar-refractivity contribution in [3.8, 4) is 22.6 Å². The van der Waals surface area contributed by atoms with Gasteiger partial charge in [0.2, 0.25) is 7.85 Å². The molecule has 9 heteroatoms. The lowest BCUT2D eigenvalue weighted by atomic mass is 9.95. The van der Waals surface area contributed by atoms with Gasteiger partial charge < -0.3 is 14.8 Å². The summed E-state index contributed by atoms with van der Waals surface area (Å²) in [5.41, 5.74) is 6.80. The summed E-state index contributed by atoms with van der Waals surface area (Å²) in [6, 6.07) is 21.5. The predicted octanol–water partition coefficient (Wildman–Crippen LogP) is 4.62. The molecule has 0 fully saturated rings. The number of hydrogen-bond donors (Lipinski definition) is 2. The third-order valence-electron chi connectivity index (χ3n) is 7.70. The van der Waals surface area contributed by atoms with E-state index >= 15 is 0 Å². The van der Waals surface area contributed by atoms with Crippen LogP contribution in [-0.4, -0.2) is 49.4 Å². The van der Waals surface area contributed by atoms with Crippen molar-refractivity contribution in [2.24, 2.45) is 0 Å². The maximum atomic E-state index is 14.3. The molecule has 43 heavy (non-hydrogen) atoms. The molecule has 0 aliphatic carbocycles. The third-order valence-corrected chi connectivity index (χ3v) is 7.70. The Bertz CT molecular complexity index is 1700. The fourth-order valence-corrected chi connectivity index (χ4v) is 5.52. The van der Waals surface area contributed by atoms with Crippen LogP contribution in [0.4, 0.5) is 4.79 Å². The first-order valence-electron chi connectivity index (χ1n) is 14.8. The third kappa shape index (κ3) is 6.78. The van der Waals surface area contributed by atoms with Gasteiger partial charge >= 0.3 is 0 Å². The smallest absolute Gasteiger partial charge is 0.261 e. The monoisotopic (exact) mass is 576 g/mol. The first-order chi connectivity index (χ1) is 20.9. The molecule has 1 aromatic heterocycles. The Morgan fingerprint density at radius 3 is 2.65 bits per heavy atom. The summed E-state index contributed by atoms with van der Waals surface area (Å²) in [4.78, 5) is 31.0. The Morgan fingerprint density at radius 2 is 1.91 bits per heavy atom. The zero-order valence-corrected chi connectivity index (χ0v) is 25.0. The van der Waals surface area contributed by atoms with Crippen LogP contribution in [-0.2, 0) is 30.4 Å².